The van der Waals surface area contributed by atoms with E-state index in [4.69, 9.17) is 4.74 Å². The number of nitrogens with one attached hydrogen (secondary N) is 1. The summed E-state index contributed by atoms with van der Waals surface area (Å²) in [5.41, 5.74) is 4.73. The van der Waals surface area contributed by atoms with Crippen molar-refractivity contribution >= 4 is 23.1 Å². The molecule has 0 unspecified atom stereocenters. The standard InChI is InChI=1S/C25H20N4O2/c30-25-17-31-23-7-6-19(14-22(23)29(25)16-18-8-11-26-12-9-18)20-10-13-27-24(15-20)28-21-4-2-1-3-5-21/h1-15H,16-17H2,(H,27,28). The number of nitrogens with zero attached hydrogens (tertiary/aromatic N) is 3. The lowest BCUT2D eigenvalue weighted by molar-refractivity contribution is -0.121. The minimum atomic E-state index is -0.0670. The number of pyridine rings is 2. The molecular weight excluding hydrogens is 388 g/mol. The fourth-order valence-corrected chi connectivity index (χ4v) is 3.57. The molecule has 1 N–H and O–H groups in total. The summed E-state index contributed by atoms with van der Waals surface area (Å²) in [6.07, 6.45) is 5.24. The van der Waals surface area contributed by atoms with Gasteiger partial charge in [0, 0.05) is 24.3 Å². The monoisotopic (exact) mass is 408 g/mol. The van der Waals surface area contributed by atoms with Crippen molar-refractivity contribution in [2.75, 3.05) is 16.8 Å². The van der Waals surface area contributed by atoms with Gasteiger partial charge in [-0.05, 0) is 65.2 Å². The molecule has 0 fully saturated rings. The van der Waals surface area contributed by atoms with Crippen molar-refractivity contribution in [2.45, 2.75) is 6.54 Å². The number of benzene rings is 2. The summed E-state index contributed by atoms with van der Waals surface area (Å²) in [5, 5.41) is 3.32. The first kappa shape index (κ1) is 18.8. The SMILES string of the molecule is O=C1COc2ccc(-c3ccnc(Nc4ccccc4)c3)cc2N1Cc1ccncc1. The van der Waals surface area contributed by atoms with E-state index in [2.05, 4.69) is 15.3 Å². The molecule has 31 heavy (non-hydrogen) atoms. The first-order valence-corrected chi connectivity index (χ1v) is 10.0. The third-order valence-corrected chi connectivity index (χ3v) is 5.13. The fourth-order valence-electron chi connectivity index (χ4n) is 3.57. The number of carbonyl (C=O) groups excluding carboxylic acids is 1. The third kappa shape index (κ3) is 4.09. The molecule has 1 amide bonds. The van der Waals surface area contributed by atoms with Gasteiger partial charge in [-0.3, -0.25) is 9.78 Å². The number of anilines is 3. The summed E-state index contributed by atoms with van der Waals surface area (Å²) in [4.78, 5) is 22.9. The van der Waals surface area contributed by atoms with Crippen molar-refractivity contribution in [2.24, 2.45) is 0 Å². The molecule has 1 aliphatic heterocycles. The number of carbonyl (C=O) groups is 1. The van der Waals surface area contributed by atoms with Crippen molar-refractivity contribution < 1.29 is 9.53 Å². The molecule has 0 atom stereocenters. The minimum Gasteiger partial charge on any atom is -0.482 e. The van der Waals surface area contributed by atoms with E-state index < -0.39 is 0 Å². The number of hydrogen-bond acceptors (Lipinski definition) is 5. The second kappa shape index (κ2) is 8.28. The van der Waals surface area contributed by atoms with Crippen LogP contribution in [0.3, 0.4) is 0 Å². The molecule has 152 valence electrons. The van der Waals surface area contributed by atoms with Gasteiger partial charge in [0.25, 0.3) is 5.91 Å². The zero-order valence-corrected chi connectivity index (χ0v) is 16.7. The summed E-state index contributed by atoms with van der Waals surface area (Å²) in [7, 11) is 0. The summed E-state index contributed by atoms with van der Waals surface area (Å²) in [5.74, 6) is 1.39. The second-order valence-electron chi connectivity index (χ2n) is 7.23. The van der Waals surface area contributed by atoms with E-state index in [1.165, 1.54) is 0 Å². The van der Waals surface area contributed by atoms with Crippen molar-refractivity contribution in [1.29, 1.82) is 0 Å². The summed E-state index contributed by atoms with van der Waals surface area (Å²) < 4.78 is 5.67. The molecule has 3 heterocycles. The highest BCUT2D eigenvalue weighted by atomic mass is 16.5. The smallest absolute Gasteiger partial charge is 0.265 e. The predicted octanol–water partition coefficient (Wildman–Crippen LogP) is 4.81. The van der Waals surface area contributed by atoms with Gasteiger partial charge in [-0.25, -0.2) is 4.98 Å². The van der Waals surface area contributed by atoms with Crippen molar-refractivity contribution in [3.05, 3.63) is 97.0 Å². The first-order valence-electron chi connectivity index (χ1n) is 10.0. The molecule has 5 rings (SSSR count). The highest BCUT2D eigenvalue weighted by Crippen LogP contribution is 2.37. The number of rotatable bonds is 5. The van der Waals surface area contributed by atoms with E-state index in [1.807, 2.05) is 72.8 Å². The number of aromatic nitrogens is 2. The van der Waals surface area contributed by atoms with Crippen LogP contribution in [0.2, 0.25) is 0 Å². The Bertz CT molecular complexity index is 1210. The molecule has 2 aromatic heterocycles. The van der Waals surface area contributed by atoms with Crippen molar-refractivity contribution in [3.8, 4) is 16.9 Å². The Morgan fingerprint density at radius 3 is 2.55 bits per heavy atom. The number of fused-ring (bicyclic) bond motifs is 1. The van der Waals surface area contributed by atoms with Crippen LogP contribution in [0.25, 0.3) is 11.1 Å². The van der Waals surface area contributed by atoms with Gasteiger partial charge in [0.05, 0.1) is 12.2 Å². The molecule has 6 nitrogen and oxygen atoms in total. The summed E-state index contributed by atoms with van der Waals surface area (Å²) >= 11 is 0. The molecule has 1 aliphatic rings. The van der Waals surface area contributed by atoms with Gasteiger partial charge in [-0.1, -0.05) is 24.3 Å². The molecule has 2 aromatic carbocycles. The number of para-hydroxylation sites is 1. The molecular formula is C25H20N4O2. The first-order chi connectivity index (χ1) is 15.3. The second-order valence-corrected chi connectivity index (χ2v) is 7.23. The Kier molecular flexibility index (Phi) is 5.02. The van der Waals surface area contributed by atoms with Crippen LogP contribution in [-0.4, -0.2) is 22.5 Å². The largest absolute Gasteiger partial charge is 0.482 e. The van der Waals surface area contributed by atoms with Crippen LogP contribution in [0.4, 0.5) is 17.2 Å². The van der Waals surface area contributed by atoms with Gasteiger partial charge in [0.15, 0.2) is 6.61 Å². The lowest BCUT2D eigenvalue weighted by Gasteiger charge is -2.30. The Morgan fingerprint density at radius 1 is 0.903 bits per heavy atom. The topological polar surface area (TPSA) is 67.3 Å². The van der Waals surface area contributed by atoms with Crippen molar-refractivity contribution in [1.82, 2.24) is 9.97 Å². The van der Waals surface area contributed by atoms with E-state index in [-0.39, 0.29) is 12.5 Å². The highest BCUT2D eigenvalue weighted by molar-refractivity contribution is 5.98. The van der Waals surface area contributed by atoms with Crippen LogP contribution in [-0.2, 0) is 11.3 Å². The third-order valence-electron chi connectivity index (χ3n) is 5.13. The lowest BCUT2D eigenvalue weighted by atomic mass is 10.0. The van der Waals surface area contributed by atoms with Gasteiger partial charge in [0.1, 0.15) is 11.6 Å². The van der Waals surface area contributed by atoms with Gasteiger partial charge >= 0.3 is 0 Å². The van der Waals surface area contributed by atoms with Gasteiger partial charge < -0.3 is 15.0 Å². The van der Waals surface area contributed by atoms with Crippen LogP contribution in [0.15, 0.2) is 91.4 Å². The van der Waals surface area contributed by atoms with E-state index in [0.717, 1.165) is 33.9 Å². The van der Waals surface area contributed by atoms with Gasteiger partial charge in [0.2, 0.25) is 0 Å². The van der Waals surface area contributed by atoms with Crippen LogP contribution >= 0.6 is 0 Å². The maximum absolute atomic E-state index is 12.6. The van der Waals surface area contributed by atoms with Crippen LogP contribution < -0.4 is 15.0 Å². The van der Waals surface area contributed by atoms with Crippen LogP contribution in [0.5, 0.6) is 5.75 Å². The number of amides is 1. The lowest BCUT2D eigenvalue weighted by Crippen LogP contribution is -2.38. The normalized spacial score (nSPS) is 12.8. The maximum atomic E-state index is 12.6. The Hall–Kier alpha value is -4.19. The molecule has 0 aliphatic carbocycles. The van der Waals surface area contributed by atoms with E-state index in [0.29, 0.717) is 12.3 Å². The maximum Gasteiger partial charge on any atom is 0.265 e. The van der Waals surface area contributed by atoms with E-state index in [1.54, 1.807) is 23.5 Å². The Balaban J connectivity index is 1.47. The quantitative estimate of drug-likeness (QED) is 0.513. The van der Waals surface area contributed by atoms with Gasteiger partial charge in [-0.15, -0.1) is 0 Å². The average molecular weight is 408 g/mol. The predicted molar refractivity (Wildman–Crippen MR) is 120 cm³/mol. The van der Waals surface area contributed by atoms with E-state index >= 15 is 0 Å². The Labute approximate surface area is 180 Å². The summed E-state index contributed by atoms with van der Waals surface area (Å²) in [6, 6.07) is 23.6. The highest BCUT2D eigenvalue weighted by Gasteiger charge is 2.26. The molecule has 0 saturated heterocycles. The zero-order valence-electron chi connectivity index (χ0n) is 16.7. The molecule has 0 radical (unpaired) electrons. The molecule has 0 spiro atoms. The van der Waals surface area contributed by atoms with Crippen LogP contribution in [0.1, 0.15) is 5.56 Å². The van der Waals surface area contributed by atoms with E-state index in [9.17, 15) is 4.79 Å². The molecule has 0 saturated carbocycles. The summed E-state index contributed by atoms with van der Waals surface area (Å²) in [6.45, 7) is 0.510. The van der Waals surface area contributed by atoms with Crippen molar-refractivity contribution in [3.63, 3.8) is 0 Å². The molecule has 6 heteroatoms. The molecule has 0 bridgehead atoms. The average Bonchev–Trinajstić information content (AvgIpc) is 2.82. The number of hydrogen-bond donors (Lipinski definition) is 1. The minimum absolute atomic E-state index is 0.0395. The van der Waals surface area contributed by atoms with Gasteiger partial charge in [-0.2, -0.15) is 0 Å². The fraction of sp³-hybridized carbons (Fsp3) is 0.0800. The molecule has 4 aromatic rings. The Morgan fingerprint density at radius 2 is 1.71 bits per heavy atom. The van der Waals surface area contributed by atoms with Crippen LogP contribution in [0, 0.1) is 0 Å². The number of ether oxygens (including phenoxy) is 1. The zero-order chi connectivity index (χ0) is 21.0.